The molecule has 0 aliphatic carbocycles. The van der Waals surface area contributed by atoms with Crippen molar-refractivity contribution in [1.82, 2.24) is 0 Å². The maximum atomic E-state index is 11.6. The standard InChI is InChI=1S/C13H18O3S/c1-11-3-5-12(6-4-11)9-13(14)7-2-8-17(15,16)10-13/h3-6,14H,2,7-10H2,1H3. The Morgan fingerprint density at radius 3 is 2.53 bits per heavy atom. The number of benzene rings is 1. The second-order valence-electron chi connectivity index (χ2n) is 5.08. The zero-order valence-corrected chi connectivity index (χ0v) is 10.8. The van der Waals surface area contributed by atoms with Crippen LogP contribution in [-0.4, -0.2) is 30.6 Å². The van der Waals surface area contributed by atoms with Gasteiger partial charge in [0.15, 0.2) is 9.84 Å². The average molecular weight is 254 g/mol. The molecule has 1 unspecified atom stereocenters. The Kier molecular flexibility index (Phi) is 3.27. The molecule has 1 aliphatic heterocycles. The van der Waals surface area contributed by atoms with Crippen LogP contribution in [0.1, 0.15) is 24.0 Å². The topological polar surface area (TPSA) is 54.4 Å². The van der Waals surface area contributed by atoms with Crippen molar-refractivity contribution in [1.29, 1.82) is 0 Å². The van der Waals surface area contributed by atoms with Gasteiger partial charge in [-0.3, -0.25) is 0 Å². The summed E-state index contributed by atoms with van der Waals surface area (Å²) in [5, 5.41) is 10.4. The largest absolute Gasteiger partial charge is 0.388 e. The average Bonchev–Trinajstić information content (AvgIpc) is 2.19. The van der Waals surface area contributed by atoms with Crippen molar-refractivity contribution in [3.05, 3.63) is 35.4 Å². The molecule has 0 amide bonds. The minimum atomic E-state index is -3.07. The van der Waals surface area contributed by atoms with Gasteiger partial charge < -0.3 is 5.11 Å². The van der Waals surface area contributed by atoms with Gasteiger partial charge in [0.25, 0.3) is 0 Å². The number of aliphatic hydroxyl groups is 1. The number of hydrogen-bond acceptors (Lipinski definition) is 3. The summed E-state index contributed by atoms with van der Waals surface area (Å²) in [5.41, 5.74) is 1.08. The molecule has 0 radical (unpaired) electrons. The van der Waals surface area contributed by atoms with Crippen molar-refractivity contribution >= 4 is 9.84 Å². The van der Waals surface area contributed by atoms with Gasteiger partial charge in [-0.05, 0) is 25.3 Å². The Bertz CT molecular complexity index is 490. The van der Waals surface area contributed by atoms with Crippen LogP contribution in [0.5, 0.6) is 0 Å². The third-order valence-corrected chi connectivity index (χ3v) is 5.13. The molecule has 1 N–H and O–H groups in total. The van der Waals surface area contributed by atoms with E-state index < -0.39 is 15.4 Å². The predicted molar refractivity (Wildman–Crippen MR) is 67.7 cm³/mol. The Morgan fingerprint density at radius 2 is 1.94 bits per heavy atom. The van der Waals surface area contributed by atoms with Crippen LogP contribution in [0, 0.1) is 6.92 Å². The summed E-state index contributed by atoms with van der Waals surface area (Å²) in [6, 6.07) is 7.87. The molecule has 1 fully saturated rings. The molecule has 1 aliphatic rings. The highest BCUT2D eigenvalue weighted by Crippen LogP contribution is 2.26. The molecule has 3 nitrogen and oxygen atoms in total. The molecule has 1 aromatic carbocycles. The minimum Gasteiger partial charge on any atom is -0.388 e. The first-order chi connectivity index (χ1) is 7.89. The Morgan fingerprint density at radius 1 is 1.29 bits per heavy atom. The van der Waals surface area contributed by atoms with E-state index in [1.165, 1.54) is 0 Å². The quantitative estimate of drug-likeness (QED) is 0.869. The van der Waals surface area contributed by atoms with E-state index in [-0.39, 0.29) is 11.5 Å². The number of hydrogen-bond donors (Lipinski definition) is 1. The second kappa shape index (κ2) is 4.42. The number of sulfone groups is 1. The van der Waals surface area contributed by atoms with E-state index >= 15 is 0 Å². The molecule has 0 spiro atoms. The van der Waals surface area contributed by atoms with E-state index in [2.05, 4.69) is 0 Å². The fraction of sp³-hybridized carbons (Fsp3) is 0.538. The van der Waals surface area contributed by atoms with Gasteiger partial charge in [0.2, 0.25) is 0 Å². The van der Waals surface area contributed by atoms with Gasteiger partial charge in [-0.15, -0.1) is 0 Å². The summed E-state index contributed by atoms with van der Waals surface area (Å²) in [7, 11) is -3.07. The Labute approximate surface area is 102 Å². The van der Waals surface area contributed by atoms with Crippen molar-refractivity contribution in [3.63, 3.8) is 0 Å². The SMILES string of the molecule is Cc1ccc(CC2(O)CCCS(=O)(=O)C2)cc1. The highest BCUT2D eigenvalue weighted by molar-refractivity contribution is 7.91. The summed E-state index contributed by atoms with van der Waals surface area (Å²) in [6.07, 6.45) is 1.55. The summed E-state index contributed by atoms with van der Waals surface area (Å²) in [5.74, 6) is 0.108. The number of rotatable bonds is 2. The second-order valence-corrected chi connectivity index (χ2v) is 7.27. The molecule has 2 rings (SSSR count). The summed E-state index contributed by atoms with van der Waals surface area (Å²) in [4.78, 5) is 0. The van der Waals surface area contributed by atoms with Crippen molar-refractivity contribution in [2.45, 2.75) is 31.8 Å². The lowest BCUT2D eigenvalue weighted by atomic mass is 9.91. The highest BCUT2D eigenvalue weighted by atomic mass is 32.2. The molecule has 1 atom stereocenters. The normalized spacial score (nSPS) is 27.9. The molecule has 1 aromatic rings. The maximum Gasteiger partial charge on any atom is 0.153 e. The van der Waals surface area contributed by atoms with Gasteiger partial charge in [-0.25, -0.2) is 8.42 Å². The third kappa shape index (κ3) is 3.30. The molecular formula is C13H18O3S. The van der Waals surface area contributed by atoms with Crippen LogP contribution in [-0.2, 0) is 16.3 Å². The molecule has 0 bridgehead atoms. The molecule has 4 heteroatoms. The molecule has 0 aromatic heterocycles. The van der Waals surface area contributed by atoms with Crippen molar-refractivity contribution in [2.75, 3.05) is 11.5 Å². The van der Waals surface area contributed by atoms with Crippen LogP contribution in [0.2, 0.25) is 0 Å². The third-order valence-electron chi connectivity index (χ3n) is 3.24. The molecule has 0 saturated carbocycles. The van der Waals surface area contributed by atoms with Gasteiger partial charge in [-0.1, -0.05) is 29.8 Å². The van der Waals surface area contributed by atoms with Crippen LogP contribution >= 0.6 is 0 Å². The number of aryl methyl sites for hydroxylation is 1. The van der Waals surface area contributed by atoms with Crippen LogP contribution in [0.15, 0.2) is 24.3 Å². The first-order valence-corrected chi connectivity index (χ1v) is 7.69. The van der Waals surface area contributed by atoms with E-state index in [0.717, 1.165) is 11.1 Å². The van der Waals surface area contributed by atoms with E-state index in [9.17, 15) is 13.5 Å². The molecular weight excluding hydrogens is 236 g/mol. The summed E-state index contributed by atoms with van der Waals surface area (Å²) in [6.45, 7) is 2.00. The van der Waals surface area contributed by atoms with Crippen molar-refractivity contribution in [3.8, 4) is 0 Å². The van der Waals surface area contributed by atoms with Crippen molar-refractivity contribution < 1.29 is 13.5 Å². The lowest BCUT2D eigenvalue weighted by Crippen LogP contribution is -2.44. The predicted octanol–water partition coefficient (Wildman–Crippen LogP) is 1.48. The van der Waals surface area contributed by atoms with E-state index in [4.69, 9.17) is 0 Å². The maximum absolute atomic E-state index is 11.6. The highest BCUT2D eigenvalue weighted by Gasteiger charge is 2.36. The van der Waals surface area contributed by atoms with E-state index in [0.29, 0.717) is 19.3 Å². The lowest BCUT2D eigenvalue weighted by molar-refractivity contribution is 0.0503. The lowest BCUT2D eigenvalue weighted by Gasteiger charge is -2.31. The van der Waals surface area contributed by atoms with Gasteiger partial charge >= 0.3 is 0 Å². The van der Waals surface area contributed by atoms with Crippen LogP contribution in [0.4, 0.5) is 0 Å². The Hall–Kier alpha value is -0.870. The molecule has 1 heterocycles. The minimum absolute atomic E-state index is 0.103. The van der Waals surface area contributed by atoms with E-state index in [1.807, 2.05) is 31.2 Å². The van der Waals surface area contributed by atoms with Crippen molar-refractivity contribution in [2.24, 2.45) is 0 Å². The Balaban J connectivity index is 2.14. The van der Waals surface area contributed by atoms with Crippen LogP contribution < -0.4 is 0 Å². The van der Waals surface area contributed by atoms with Gasteiger partial charge in [0, 0.05) is 6.42 Å². The van der Waals surface area contributed by atoms with Gasteiger partial charge in [0.05, 0.1) is 17.1 Å². The van der Waals surface area contributed by atoms with Gasteiger partial charge in [0.1, 0.15) is 0 Å². The van der Waals surface area contributed by atoms with E-state index in [1.54, 1.807) is 0 Å². The van der Waals surface area contributed by atoms with Crippen LogP contribution in [0.3, 0.4) is 0 Å². The summed E-state index contributed by atoms with van der Waals surface area (Å²) >= 11 is 0. The first kappa shape index (κ1) is 12.6. The zero-order chi connectivity index (χ0) is 12.5. The molecule has 17 heavy (non-hydrogen) atoms. The smallest absolute Gasteiger partial charge is 0.153 e. The van der Waals surface area contributed by atoms with Crippen LogP contribution in [0.25, 0.3) is 0 Å². The monoisotopic (exact) mass is 254 g/mol. The summed E-state index contributed by atoms with van der Waals surface area (Å²) < 4.78 is 23.1. The zero-order valence-electron chi connectivity index (χ0n) is 10.0. The molecule has 1 saturated heterocycles. The fourth-order valence-corrected chi connectivity index (χ4v) is 4.19. The first-order valence-electron chi connectivity index (χ1n) is 5.87. The van der Waals surface area contributed by atoms with Gasteiger partial charge in [-0.2, -0.15) is 0 Å². The fourth-order valence-electron chi connectivity index (χ4n) is 2.40. The molecule has 94 valence electrons.